The van der Waals surface area contributed by atoms with Crippen molar-refractivity contribution in [3.8, 4) is 5.75 Å². The number of hydrogen-bond acceptors (Lipinski definition) is 4. The second-order valence-electron chi connectivity index (χ2n) is 6.74. The summed E-state index contributed by atoms with van der Waals surface area (Å²) < 4.78 is 11.4. The van der Waals surface area contributed by atoms with Crippen molar-refractivity contribution in [2.75, 3.05) is 0 Å². The first-order valence-corrected chi connectivity index (χ1v) is 8.36. The first-order valence-electron chi connectivity index (χ1n) is 8.36. The number of rotatable bonds is 3. The summed E-state index contributed by atoms with van der Waals surface area (Å²) in [6.07, 6.45) is 0.543. The zero-order valence-corrected chi connectivity index (χ0v) is 13.9. The molecule has 2 aliphatic rings. The van der Waals surface area contributed by atoms with E-state index < -0.39 is 17.6 Å². The monoisotopic (exact) mass is 337 g/mol. The average Bonchev–Trinajstić information content (AvgIpc) is 2.60. The lowest BCUT2D eigenvalue weighted by atomic mass is 9.75. The van der Waals surface area contributed by atoms with Crippen molar-refractivity contribution in [2.24, 2.45) is 5.92 Å². The summed E-state index contributed by atoms with van der Waals surface area (Å²) in [5, 5.41) is 2.83. The Morgan fingerprint density at radius 1 is 1.20 bits per heavy atom. The van der Waals surface area contributed by atoms with Gasteiger partial charge in [-0.25, -0.2) is 0 Å². The Balaban J connectivity index is 1.59. The lowest BCUT2D eigenvalue weighted by Gasteiger charge is -2.46. The maximum absolute atomic E-state index is 12.7. The zero-order chi connectivity index (χ0) is 17.4. The van der Waals surface area contributed by atoms with Crippen molar-refractivity contribution in [3.63, 3.8) is 0 Å². The minimum absolute atomic E-state index is 0.158. The molecule has 0 aliphatic carbocycles. The van der Waals surface area contributed by atoms with Gasteiger partial charge in [-0.1, -0.05) is 48.5 Å². The van der Waals surface area contributed by atoms with Gasteiger partial charge in [-0.15, -0.1) is 0 Å². The van der Waals surface area contributed by atoms with E-state index in [9.17, 15) is 9.59 Å². The quantitative estimate of drug-likeness (QED) is 0.691. The fraction of sp³-hybridized carbons (Fsp3) is 0.300. The third-order valence-electron chi connectivity index (χ3n) is 4.81. The molecule has 5 heteroatoms. The van der Waals surface area contributed by atoms with Crippen LogP contribution in [0.5, 0.6) is 5.75 Å². The number of nitrogens with one attached hydrogen (secondary N) is 1. The van der Waals surface area contributed by atoms with Crippen LogP contribution in [0.3, 0.4) is 0 Å². The highest BCUT2D eigenvalue weighted by molar-refractivity contribution is 6.00. The lowest BCUT2D eigenvalue weighted by molar-refractivity contribution is -0.161. The Morgan fingerprint density at radius 2 is 1.92 bits per heavy atom. The predicted molar refractivity (Wildman–Crippen MR) is 90.7 cm³/mol. The minimum atomic E-state index is -0.859. The minimum Gasteiger partial charge on any atom is -0.468 e. The van der Waals surface area contributed by atoms with Gasteiger partial charge in [-0.05, 0) is 24.1 Å². The van der Waals surface area contributed by atoms with Gasteiger partial charge < -0.3 is 14.8 Å². The van der Waals surface area contributed by atoms with Gasteiger partial charge in [-0.3, -0.25) is 9.59 Å². The van der Waals surface area contributed by atoms with Crippen LogP contribution in [0.1, 0.15) is 30.4 Å². The highest BCUT2D eigenvalue weighted by atomic mass is 16.5. The molecule has 2 bridgehead atoms. The van der Waals surface area contributed by atoms with E-state index in [0.29, 0.717) is 12.2 Å². The Bertz CT molecular complexity index is 819. The number of esters is 1. The molecule has 4 rings (SSSR count). The van der Waals surface area contributed by atoms with Gasteiger partial charge in [0.1, 0.15) is 18.3 Å². The predicted octanol–water partition coefficient (Wildman–Crippen LogP) is 2.76. The van der Waals surface area contributed by atoms with E-state index in [4.69, 9.17) is 9.47 Å². The van der Waals surface area contributed by atoms with Crippen molar-refractivity contribution in [2.45, 2.75) is 31.6 Å². The van der Waals surface area contributed by atoms with Crippen molar-refractivity contribution >= 4 is 11.9 Å². The van der Waals surface area contributed by atoms with E-state index in [1.807, 2.05) is 61.5 Å². The maximum Gasteiger partial charge on any atom is 0.319 e. The number of carbonyl (C=O) groups excluding carboxylic acids is 2. The fourth-order valence-corrected chi connectivity index (χ4v) is 3.68. The van der Waals surface area contributed by atoms with Crippen molar-refractivity contribution in [1.29, 1.82) is 0 Å². The number of ether oxygens (including phenoxy) is 2. The first-order chi connectivity index (χ1) is 12.1. The molecule has 1 fully saturated rings. The number of hydrogen-bond donors (Lipinski definition) is 1. The number of para-hydroxylation sites is 1. The standard InChI is InChI=1S/C20H19NO4/c1-20-11-15(14-9-5-6-10-16(14)25-20)17(18(22)21-20)19(23)24-12-13-7-3-2-4-8-13/h2-10,15,17H,11-12H2,1H3,(H,21,22)/t15-,17+,20-/m1/s1. The summed E-state index contributed by atoms with van der Waals surface area (Å²) in [5.74, 6) is -1.23. The SMILES string of the molecule is C[C@]12C[C@H](c3ccccc3O1)[C@H](C(=O)OCc1ccccc1)C(=O)N2. The smallest absolute Gasteiger partial charge is 0.319 e. The third kappa shape index (κ3) is 2.86. The van der Waals surface area contributed by atoms with Crippen LogP contribution in [0.4, 0.5) is 0 Å². The Morgan fingerprint density at radius 3 is 2.72 bits per heavy atom. The van der Waals surface area contributed by atoms with Crippen LogP contribution < -0.4 is 10.1 Å². The van der Waals surface area contributed by atoms with Gasteiger partial charge in [0.25, 0.3) is 0 Å². The molecular weight excluding hydrogens is 318 g/mol. The van der Waals surface area contributed by atoms with Crippen molar-refractivity contribution in [3.05, 3.63) is 65.7 Å². The Hall–Kier alpha value is -2.82. The molecule has 2 aliphatic heterocycles. The molecule has 1 saturated heterocycles. The second-order valence-corrected chi connectivity index (χ2v) is 6.74. The molecule has 128 valence electrons. The summed E-state index contributed by atoms with van der Waals surface area (Å²) >= 11 is 0. The summed E-state index contributed by atoms with van der Waals surface area (Å²) in [6.45, 7) is 1.99. The molecule has 1 N–H and O–H groups in total. The van der Waals surface area contributed by atoms with Crippen LogP contribution >= 0.6 is 0 Å². The summed E-state index contributed by atoms with van der Waals surface area (Å²) in [7, 11) is 0. The molecule has 5 nitrogen and oxygen atoms in total. The van der Waals surface area contributed by atoms with Crippen LogP contribution in [0, 0.1) is 5.92 Å². The molecule has 1 amide bonds. The fourth-order valence-electron chi connectivity index (χ4n) is 3.68. The Labute approximate surface area is 145 Å². The maximum atomic E-state index is 12.7. The summed E-state index contributed by atoms with van der Waals surface area (Å²) in [5.41, 5.74) is 0.993. The molecule has 2 aromatic carbocycles. The van der Waals surface area contributed by atoms with E-state index in [-0.39, 0.29) is 18.4 Å². The largest absolute Gasteiger partial charge is 0.468 e. The van der Waals surface area contributed by atoms with Crippen LogP contribution in [0.25, 0.3) is 0 Å². The molecule has 0 spiro atoms. The highest BCUT2D eigenvalue weighted by Gasteiger charge is 2.52. The molecule has 0 saturated carbocycles. The first kappa shape index (κ1) is 15.7. The number of fused-ring (bicyclic) bond motifs is 4. The Kier molecular flexibility index (Phi) is 3.71. The van der Waals surface area contributed by atoms with Gasteiger partial charge >= 0.3 is 5.97 Å². The second kappa shape index (κ2) is 5.92. The average molecular weight is 337 g/mol. The van der Waals surface area contributed by atoms with E-state index >= 15 is 0 Å². The van der Waals surface area contributed by atoms with Crippen LogP contribution in [-0.4, -0.2) is 17.6 Å². The van der Waals surface area contributed by atoms with Gasteiger partial charge in [0, 0.05) is 12.3 Å². The van der Waals surface area contributed by atoms with E-state index in [2.05, 4.69) is 5.32 Å². The number of benzene rings is 2. The van der Waals surface area contributed by atoms with Gasteiger partial charge in [0.05, 0.1) is 0 Å². The molecule has 0 radical (unpaired) electrons. The number of amides is 1. The van der Waals surface area contributed by atoms with Gasteiger partial charge in [-0.2, -0.15) is 0 Å². The van der Waals surface area contributed by atoms with E-state index in [0.717, 1.165) is 11.1 Å². The molecule has 0 unspecified atom stereocenters. The molecule has 3 atom stereocenters. The third-order valence-corrected chi connectivity index (χ3v) is 4.81. The van der Waals surface area contributed by atoms with Gasteiger partial charge in [0.2, 0.25) is 5.91 Å². The summed E-state index contributed by atoms with van der Waals surface area (Å²) in [6, 6.07) is 17.0. The van der Waals surface area contributed by atoms with Crippen LogP contribution in [0.2, 0.25) is 0 Å². The molecule has 2 heterocycles. The van der Waals surface area contributed by atoms with E-state index in [1.165, 1.54) is 0 Å². The lowest BCUT2D eigenvalue weighted by Crippen LogP contribution is -2.62. The molecular formula is C20H19NO4. The normalized spacial score (nSPS) is 26.8. The molecule has 2 aromatic rings. The van der Waals surface area contributed by atoms with E-state index in [1.54, 1.807) is 0 Å². The molecule has 25 heavy (non-hydrogen) atoms. The van der Waals surface area contributed by atoms with Gasteiger partial charge in [0.15, 0.2) is 5.72 Å². The zero-order valence-electron chi connectivity index (χ0n) is 13.9. The van der Waals surface area contributed by atoms with Crippen molar-refractivity contribution in [1.82, 2.24) is 5.32 Å². The summed E-state index contributed by atoms with van der Waals surface area (Å²) in [4.78, 5) is 25.3. The molecule has 0 aromatic heterocycles. The van der Waals surface area contributed by atoms with Crippen molar-refractivity contribution < 1.29 is 19.1 Å². The van der Waals surface area contributed by atoms with Crippen LogP contribution in [-0.2, 0) is 20.9 Å². The van der Waals surface area contributed by atoms with Crippen LogP contribution in [0.15, 0.2) is 54.6 Å². The highest BCUT2D eigenvalue weighted by Crippen LogP contribution is 2.46. The number of piperidine rings is 1. The number of carbonyl (C=O) groups is 2. The topological polar surface area (TPSA) is 64.6 Å².